The summed E-state index contributed by atoms with van der Waals surface area (Å²) < 4.78 is 16.9. The van der Waals surface area contributed by atoms with E-state index in [-0.39, 0.29) is 17.1 Å². The van der Waals surface area contributed by atoms with Crippen molar-refractivity contribution in [3.05, 3.63) is 105 Å². The van der Waals surface area contributed by atoms with Gasteiger partial charge in [0.2, 0.25) is 5.76 Å². The summed E-state index contributed by atoms with van der Waals surface area (Å²) in [4.78, 5) is 28.8. The fourth-order valence-electron chi connectivity index (χ4n) is 4.39. The quantitative estimate of drug-likeness (QED) is 0.442. The fraction of sp³-hybridized carbons (Fsp3) is 0.185. The van der Waals surface area contributed by atoms with Crippen LogP contribution >= 0.6 is 0 Å². The molecule has 33 heavy (non-hydrogen) atoms. The highest BCUT2D eigenvalue weighted by Crippen LogP contribution is 2.41. The molecule has 1 atom stereocenters. The molecule has 1 aliphatic heterocycles. The van der Waals surface area contributed by atoms with Crippen molar-refractivity contribution in [3.63, 3.8) is 0 Å². The van der Waals surface area contributed by atoms with E-state index in [1.807, 2.05) is 43.3 Å². The molecule has 3 aromatic carbocycles. The monoisotopic (exact) mass is 441 g/mol. The number of methoxy groups -OCH3 is 2. The van der Waals surface area contributed by atoms with E-state index in [1.165, 1.54) is 0 Å². The number of benzene rings is 3. The Morgan fingerprint density at radius 1 is 0.909 bits per heavy atom. The van der Waals surface area contributed by atoms with E-state index < -0.39 is 6.04 Å². The van der Waals surface area contributed by atoms with E-state index in [0.29, 0.717) is 34.6 Å². The van der Waals surface area contributed by atoms with Crippen LogP contribution in [0.5, 0.6) is 11.5 Å². The molecule has 0 fully saturated rings. The Bertz CT molecular complexity index is 1420. The molecule has 0 aliphatic carbocycles. The normalized spacial score (nSPS) is 15.1. The smallest absolute Gasteiger partial charge is 0.291 e. The minimum absolute atomic E-state index is 0.0885. The molecule has 166 valence electrons. The zero-order valence-electron chi connectivity index (χ0n) is 18.6. The zero-order valence-corrected chi connectivity index (χ0v) is 18.6. The number of fused-ring (bicyclic) bond motifs is 2. The lowest BCUT2D eigenvalue weighted by molar-refractivity contribution is 0.0714. The molecule has 1 amide bonds. The van der Waals surface area contributed by atoms with Crippen LogP contribution in [0.4, 0.5) is 0 Å². The Kier molecular flexibility index (Phi) is 5.13. The molecule has 0 bridgehead atoms. The van der Waals surface area contributed by atoms with Gasteiger partial charge in [0.05, 0.1) is 31.2 Å². The molecule has 0 N–H and O–H groups in total. The summed E-state index contributed by atoms with van der Waals surface area (Å²) in [6.07, 6.45) is 0. The number of carbonyl (C=O) groups excluding carboxylic acids is 1. The molecular weight excluding hydrogens is 418 g/mol. The Labute approximate surface area is 191 Å². The molecule has 1 aliphatic rings. The SMILES string of the molecule is COc1ccc(C2c3c(oc4ccccc4c3=O)C(=O)N2Cc2ccc(C)cc2)cc1OC. The molecule has 5 rings (SSSR count). The third-order valence-electron chi connectivity index (χ3n) is 6.07. The molecule has 6 heteroatoms. The Balaban J connectivity index is 1.72. The molecule has 2 heterocycles. The number of para-hydroxylation sites is 1. The number of amides is 1. The topological polar surface area (TPSA) is 69.0 Å². The zero-order chi connectivity index (χ0) is 23.1. The molecule has 0 radical (unpaired) electrons. The summed E-state index contributed by atoms with van der Waals surface area (Å²) in [5.74, 6) is 0.872. The number of carbonyl (C=O) groups is 1. The van der Waals surface area contributed by atoms with Gasteiger partial charge in [-0.15, -0.1) is 0 Å². The highest BCUT2D eigenvalue weighted by atomic mass is 16.5. The average Bonchev–Trinajstić information content (AvgIpc) is 3.12. The number of aryl methyl sites for hydroxylation is 1. The first-order valence-electron chi connectivity index (χ1n) is 10.7. The van der Waals surface area contributed by atoms with Gasteiger partial charge in [-0.25, -0.2) is 0 Å². The predicted molar refractivity (Wildman–Crippen MR) is 125 cm³/mol. The molecule has 0 spiro atoms. The highest BCUT2D eigenvalue weighted by molar-refractivity contribution is 5.99. The lowest BCUT2D eigenvalue weighted by Gasteiger charge is -2.26. The fourth-order valence-corrected chi connectivity index (χ4v) is 4.39. The minimum Gasteiger partial charge on any atom is -0.493 e. The van der Waals surface area contributed by atoms with Crippen LogP contribution in [0.3, 0.4) is 0 Å². The van der Waals surface area contributed by atoms with Crippen molar-refractivity contribution in [1.29, 1.82) is 0 Å². The van der Waals surface area contributed by atoms with E-state index in [9.17, 15) is 9.59 Å². The third kappa shape index (κ3) is 3.44. The van der Waals surface area contributed by atoms with Gasteiger partial charge in [-0.05, 0) is 42.3 Å². The second kappa shape index (κ2) is 8.13. The van der Waals surface area contributed by atoms with Crippen LogP contribution in [0.2, 0.25) is 0 Å². The molecule has 6 nitrogen and oxygen atoms in total. The van der Waals surface area contributed by atoms with E-state index >= 15 is 0 Å². The van der Waals surface area contributed by atoms with Crippen LogP contribution in [0, 0.1) is 6.92 Å². The molecule has 4 aromatic rings. The van der Waals surface area contributed by atoms with Crippen molar-refractivity contribution < 1.29 is 18.7 Å². The molecular formula is C27H23NO5. The van der Waals surface area contributed by atoms with Crippen LogP contribution in [0.1, 0.15) is 38.9 Å². The van der Waals surface area contributed by atoms with Gasteiger partial charge in [-0.2, -0.15) is 0 Å². The van der Waals surface area contributed by atoms with Crippen LogP contribution in [-0.2, 0) is 6.54 Å². The van der Waals surface area contributed by atoms with Crippen molar-refractivity contribution >= 4 is 16.9 Å². The van der Waals surface area contributed by atoms with E-state index in [4.69, 9.17) is 13.9 Å². The molecule has 1 aromatic heterocycles. The Morgan fingerprint density at radius 2 is 1.64 bits per heavy atom. The van der Waals surface area contributed by atoms with E-state index in [1.54, 1.807) is 49.5 Å². The van der Waals surface area contributed by atoms with Crippen molar-refractivity contribution in [1.82, 2.24) is 4.90 Å². The molecule has 0 saturated carbocycles. The summed E-state index contributed by atoms with van der Waals surface area (Å²) in [5.41, 5.74) is 3.38. The summed E-state index contributed by atoms with van der Waals surface area (Å²) in [6.45, 7) is 2.35. The molecule has 1 unspecified atom stereocenters. The number of nitrogens with zero attached hydrogens (tertiary/aromatic N) is 1. The van der Waals surface area contributed by atoms with Gasteiger partial charge in [-0.1, -0.05) is 48.0 Å². The predicted octanol–water partition coefficient (Wildman–Crippen LogP) is 4.86. The maximum Gasteiger partial charge on any atom is 0.291 e. The first kappa shape index (κ1) is 20.8. The number of rotatable bonds is 5. The van der Waals surface area contributed by atoms with Gasteiger partial charge in [0.15, 0.2) is 16.9 Å². The standard InChI is InChI=1S/C27H23NO5/c1-16-8-10-17(11-9-16)15-28-24(18-12-13-21(31-2)22(14-18)32-3)23-25(29)19-6-4-5-7-20(19)33-26(23)27(28)30/h4-14,24H,15H2,1-3H3. The first-order chi connectivity index (χ1) is 16.0. The van der Waals surface area contributed by atoms with Gasteiger partial charge >= 0.3 is 0 Å². The van der Waals surface area contributed by atoms with Gasteiger partial charge in [0, 0.05) is 6.54 Å². The lowest BCUT2D eigenvalue weighted by atomic mass is 9.97. The van der Waals surface area contributed by atoms with Gasteiger partial charge in [0.25, 0.3) is 5.91 Å². The number of hydrogen-bond donors (Lipinski definition) is 0. The van der Waals surface area contributed by atoms with Crippen LogP contribution in [-0.4, -0.2) is 25.0 Å². The van der Waals surface area contributed by atoms with Crippen molar-refractivity contribution in [2.75, 3.05) is 14.2 Å². The average molecular weight is 441 g/mol. The summed E-state index contributed by atoms with van der Waals surface area (Å²) >= 11 is 0. The summed E-state index contributed by atoms with van der Waals surface area (Å²) in [6, 6.07) is 19.8. The van der Waals surface area contributed by atoms with E-state index in [2.05, 4.69) is 0 Å². The second-order valence-electron chi connectivity index (χ2n) is 8.11. The van der Waals surface area contributed by atoms with E-state index in [0.717, 1.165) is 16.7 Å². The second-order valence-corrected chi connectivity index (χ2v) is 8.11. The van der Waals surface area contributed by atoms with Gasteiger partial charge < -0.3 is 18.8 Å². The lowest BCUT2D eigenvalue weighted by Crippen LogP contribution is -2.29. The largest absolute Gasteiger partial charge is 0.493 e. The summed E-state index contributed by atoms with van der Waals surface area (Å²) in [7, 11) is 3.12. The maximum atomic E-state index is 13.6. The van der Waals surface area contributed by atoms with Crippen LogP contribution in [0.25, 0.3) is 11.0 Å². The van der Waals surface area contributed by atoms with Crippen LogP contribution in [0.15, 0.2) is 75.9 Å². The Hall–Kier alpha value is -4.06. The number of ether oxygens (including phenoxy) is 2. The van der Waals surface area contributed by atoms with Crippen molar-refractivity contribution in [2.45, 2.75) is 19.5 Å². The van der Waals surface area contributed by atoms with Gasteiger partial charge in [0.1, 0.15) is 5.58 Å². The maximum absolute atomic E-state index is 13.6. The highest BCUT2D eigenvalue weighted by Gasteiger charge is 2.43. The van der Waals surface area contributed by atoms with Gasteiger partial charge in [-0.3, -0.25) is 9.59 Å². The first-order valence-corrected chi connectivity index (χ1v) is 10.7. The van der Waals surface area contributed by atoms with Crippen molar-refractivity contribution in [2.24, 2.45) is 0 Å². The van der Waals surface area contributed by atoms with Crippen molar-refractivity contribution in [3.8, 4) is 11.5 Å². The molecule has 0 saturated heterocycles. The minimum atomic E-state index is -0.616. The third-order valence-corrected chi connectivity index (χ3v) is 6.07. The number of hydrogen-bond acceptors (Lipinski definition) is 5. The van der Waals surface area contributed by atoms with Crippen LogP contribution < -0.4 is 14.9 Å². The Morgan fingerprint density at radius 3 is 2.36 bits per heavy atom. The summed E-state index contributed by atoms with van der Waals surface area (Å²) in [5, 5.41) is 0.451.